The molecule has 4 nitrogen and oxygen atoms in total. The fourth-order valence-electron chi connectivity index (χ4n) is 3.63. The van der Waals surface area contributed by atoms with E-state index < -0.39 is 0 Å². The first-order valence-electron chi connectivity index (χ1n) is 9.82. The van der Waals surface area contributed by atoms with Crippen LogP contribution in [0.15, 0.2) is 0 Å². The molecule has 0 amide bonds. The monoisotopic (exact) mass is 344 g/mol. The Balaban J connectivity index is 2.19. The lowest BCUT2D eigenvalue weighted by Crippen LogP contribution is -2.53. The first kappa shape index (κ1) is 21.2. The van der Waals surface area contributed by atoms with E-state index in [1.54, 1.807) is 0 Å². The lowest BCUT2D eigenvalue weighted by atomic mass is 9.90. The van der Waals surface area contributed by atoms with E-state index in [2.05, 4.69) is 29.8 Å². The van der Waals surface area contributed by atoms with Crippen molar-refractivity contribution in [3.8, 4) is 0 Å². The van der Waals surface area contributed by atoms with E-state index in [4.69, 9.17) is 18.4 Å². The molecule has 0 spiro atoms. The Kier molecular flexibility index (Phi) is 12.4. The van der Waals surface area contributed by atoms with E-state index in [9.17, 15) is 0 Å². The second-order valence-electron chi connectivity index (χ2n) is 6.92. The first-order valence-corrected chi connectivity index (χ1v) is 10.3. The van der Waals surface area contributed by atoms with Gasteiger partial charge in [0.15, 0.2) is 0 Å². The van der Waals surface area contributed by atoms with E-state index in [0.29, 0.717) is 23.9 Å². The molecule has 1 rings (SSSR count). The van der Waals surface area contributed by atoms with Crippen LogP contribution in [0.5, 0.6) is 0 Å². The third kappa shape index (κ3) is 8.21. The molecule has 5 heteroatoms. The molecule has 1 fully saturated rings. The van der Waals surface area contributed by atoms with Crippen molar-refractivity contribution in [3.05, 3.63) is 0 Å². The van der Waals surface area contributed by atoms with Crippen molar-refractivity contribution < 1.29 is 0 Å². The van der Waals surface area contributed by atoms with Gasteiger partial charge in [0.1, 0.15) is 0 Å². The van der Waals surface area contributed by atoms with Crippen LogP contribution in [0, 0.1) is 5.92 Å². The van der Waals surface area contributed by atoms with Gasteiger partial charge in [0.2, 0.25) is 0 Å². The minimum Gasteiger partial charge on any atom is -0.318 e. The molecule has 4 atom stereocenters. The van der Waals surface area contributed by atoms with Crippen LogP contribution in [-0.2, 0) is 0 Å². The lowest BCUT2D eigenvalue weighted by molar-refractivity contribution is 0.337. The van der Waals surface area contributed by atoms with Crippen molar-refractivity contribution >= 4 is 12.6 Å². The van der Waals surface area contributed by atoms with Gasteiger partial charge >= 0.3 is 0 Å². The highest BCUT2D eigenvalue weighted by Gasteiger charge is 2.34. The molecular formula is C18H40N4S. The van der Waals surface area contributed by atoms with Crippen LogP contribution in [0.3, 0.4) is 0 Å². The number of hydrogen-bond acceptors (Lipinski definition) is 5. The molecule has 138 valence electrons. The zero-order valence-electron chi connectivity index (χ0n) is 15.3. The molecule has 1 saturated heterocycles. The number of nitrogens with two attached hydrogens (primary N) is 1. The molecule has 1 aliphatic heterocycles. The van der Waals surface area contributed by atoms with Gasteiger partial charge in [-0.15, -0.1) is 0 Å². The van der Waals surface area contributed by atoms with E-state index in [-0.39, 0.29) is 6.17 Å². The van der Waals surface area contributed by atoms with Crippen molar-refractivity contribution in [2.45, 2.75) is 95.5 Å². The molecule has 3 unspecified atom stereocenters. The summed E-state index contributed by atoms with van der Waals surface area (Å²) in [5, 5.41) is 10.6. The van der Waals surface area contributed by atoms with Crippen LogP contribution < -0.4 is 21.7 Å². The van der Waals surface area contributed by atoms with Crippen LogP contribution >= 0.6 is 12.6 Å². The molecule has 23 heavy (non-hydrogen) atoms. The van der Waals surface area contributed by atoms with Gasteiger partial charge in [-0.05, 0) is 12.3 Å². The largest absolute Gasteiger partial charge is 0.318 e. The Hall–Kier alpha value is 0.190. The van der Waals surface area contributed by atoms with Gasteiger partial charge in [-0.3, -0.25) is 16.0 Å². The van der Waals surface area contributed by atoms with E-state index in [1.165, 1.54) is 64.2 Å². The first-order chi connectivity index (χ1) is 11.2. The number of hydrogen-bond donors (Lipinski definition) is 5. The van der Waals surface area contributed by atoms with Gasteiger partial charge in [-0.1, -0.05) is 71.6 Å². The average molecular weight is 345 g/mol. The maximum absolute atomic E-state index is 5.63. The van der Waals surface area contributed by atoms with Crippen LogP contribution in [0.4, 0.5) is 0 Å². The number of unbranched alkanes of at least 4 members (excludes halogenated alkanes) is 7. The summed E-state index contributed by atoms with van der Waals surface area (Å²) < 4.78 is 0. The fourth-order valence-corrected chi connectivity index (χ4v) is 4.26. The van der Waals surface area contributed by atoms with Crippen LogP contribution in [0.2, 0.25) is 0 Å². The average Bonchev–Trinajstić information content (AvgIpc) is 3.01. The number of nitrogens with one attached hydrogen (secondary N) is 3. The Morgan fingerprint density at radius 1 is 1.04 bits per heavy atom. The minimum atomic E-state index is 0.245. The highest BCUT2D eigenvalue weighted by molar-refractivity contribution is 7.81. The van der Waals surface area contributed by atoms with Crippen LogP contribution in [-0.4, -0.2) is 30.8 Å². The summed E-state index contributed by atoms with van der Waals surface area (Å²) >= 11 is 4.95. The van der Waals surface area contributed by atoms with Gasteiger partial charge in [0.25, 0.3) is 0 Å². The zero-order valence-corrected chi connectivity index (χ0v) is 16.2. The number of thiol groups is 1. The summed E-state index contributed by atoms with van der Waals surface area (Å²) in [7, 11) is 0. The van der Waals surface area contributed by atoms with E-state index in [0.717, 1.165) is 6.67 Å². The van der Waals surface area contributed by atoms with Crippen molar-refractivity contribution in [1.29, 1.82) is 0 Å². The molecule has 0 saturated carbocycles. The Morgan fingerprint density at radius 2 is 1.70 bits per heavy atom. The Morgan fingerprint density at radius 3 is 2.30 bits per heavy atom. The number of rotatable bonds is 14. The second kappa shape index (κ2) is 13.5. The molecule has 1 heterocycles. The zero-order chi connectivity index (χ0) is 16.9. The highest BCUT2D eigenvalue weighted by atomic mass is 32.1. The van der Waals surface area contributed by atoms with Gasteiger partial charge < -0.3 is 5.73 Å². The molecule has 0 aromatic rings. The van der Waals surface area contributed by atoms with Gasteiger partial charge in [-0.25, -0.2) is 0 Å². The van der Waals surface area contributed by atoms with E-state index >= 15 is 0 Å². The quantitative estimate of drug-likeness (QED) is 0.191. The third-order valence-electron chi connectivity index (χ3n) is 5.16. The summed E-state index contributed by atoms with van der Waals surface area (Å²) in [6, 6.07) is 0.362. The molecule has 0 radical (unpaired) electrons. The molecule has 5 N–H and O–H groups in total. The maximum Gasteiger partial charge on any atom is 0.0761 e. The van der Waals surface area contributed by atoms with Crippen molar-refractivity contribution in [2.24, 2.45) is 11.7 Å². The van der Waals surface area contributed by atoms with E-state index in [1.807, 2.05) is 0 Å². The predicted molar refractivity (Wildman–Crippen MR) is 105 cm³/mol. The molecule has 0 bridgehead atoms. The standard InChI is InChI=1S/C18H40N4S/c1-3-5-6-7-8-9-10-11-12-15(4-2)17(23)16-18(20-13-19)22-14-21-16/h15-18,20-23H,3-14,19H2,1-2H3/t15-,16?,17?,18?/m1/s1. The Bertz CT molecular complexity index is 278. The van der Waals surface area contributed by atoms with Crippen LogP contribution in [0.1, 0.15) is 78.1 Å². The van der Waals surface area contributed by atoms with Crippen molar-refractivity contribution in [3.63, 3.8) is 0 Å². The smallest absolute Gasteiger partial charge is 0.0761 e. The predicted octanol–water partition coefficient (Wildman–Crippen LogP) is 3.19. The molecule has 0 aromatic carbocycles. The lowest BCUT2D eigenvalue weighted by Gasteiger charge is -2.31. The van der Waals surface area contributed by atoms with Crippen molar-refractivity contribution in [1.82, 2.24) is 16.0 Å². The summed E-state index contributed by atoms with van der Waals surface area (Å²) in [6.07, 6.45) is 13.9. The summed E-state index contributed by atoms with van der Waals surface area (Å²) in [6.45, 7) is 5.92. The molecule has 1 aliphatic rings. The normalized spacial score (nSPS) is 24.0. The molecule has 0 aromatic heterocycles. The summed E-state index contributed by atoms with van der Waals surface area (Å²) in [5.41, 5.74) is 5.63. The fraction of sp³-hybridized carbons (Fsp3) is 1.00. The van der Waals surface area contributed by atoms with Crippen molar-refractivity contribution in [2.75, 3.05) is 13.3 Å². The summed E-state index contributed by atoms with van der Waals surface area (Å²) in [5.74, 6) is 0.679. The second-order valence-corrected chi connectivity index (χ2v) is 7.52. The van der Waals surface area contributed by atoms with Gasteiger partial charge in [0, 0.05) is 24.6 Å². The third-order valence-corrected chi connectivity index (χ3v) is 5.90. The van der Waals surface area contributed by atoms with Gasteiger partial charge in [-0.2, -0.15) is 12.6 Å². The topological polar surface area (TPSA) is 62.1 Å². The molecular weight excluding hydrogens is 304 g/mol. The molecule has 0 aliphatic carbocycles. The van der Waals surface area contributed by atoms with Gasteiger partial charge in [0.05, 0.1) is 6.17 Å². The maximum atomic E-state index is 5.63. The summed E-state index contributed by atoms with van der Waals surface area (Å²) in [4.78, 5) is 0. The minimum absolute atomic E-state index is 0.245. The SMILES string of the molecule is CCCCCCCCCC[C@@H](CC)C(S)C1NCNC1NCN. The Labute approximate surface area is 149 Å². The highest BCUT2D eigenvalue weighted by Crippen LogP contribution is 2.26. The van der Waals surface area contributed by atoms with Crippen LogP contribution in [0.25, 0.3) is 0 Å².